The summed E-state index contributed by atoms with van der Waals surface area (Å²) >= 11 is 0. The number of nitrogens with zero attached hydrogens (tertiary/aromatic N) is 2. The van der Waals surface area contributed by atoms with Gasteiger partial charge in [0.2, 0.25) is 0 Å². The molecule has 0 aliphatic heterocycles. The van der Waals surface area contributed by atoms with Gasteiger partial charge in [-0.05, 0) is 43.7 Å². The molecule has 130 valence electrons. The molecule has 3 rings (SSSR count). The van der Waals surface area contributed by atoms with E-state index in [1.54, 1.807) is 4.52 Å². The van der Waals surface area contributed by atoms with Gasteiger partial charge in [0.1, 0.15) is 17.6 Å². The summed E-state index contributed by atoms with van der Waals surface area (Å²) in [4.78, 5) is 35.3. The van der Waals surface area contributed by atoms with E-state index in [0.717, 1.165) is 42.5 Å². The van der Waals surface area contributed by atoms with Crippen LogP contribution >= 0.6 is 0 Å². The van der Waals surface area contributed by atoms with E-state index < -0.39 is 29.5 Å². The molecular formula is C16H20N3NaO5. The summed E-state index contributed by atoms with van der Waals surface area (Å²) in [6, 6.07) is 0. The molecule has 0 spiro atoms. The second-order valence-corrected chi connectivity index (χ2v) is 6.04. The topological polar surface area (TPSA) is 113 Å². The normalized spacial score (nSPS) is 13.2. The van der Waals surface area contributed by atoms with Crippen LogP contribution in [-0.4, -0.2) is 67.4 Å². The van der Waals surface area contributed by atoms with Crippen molar-refractivity contribution in [1.29, 1.82) is 0 Å². The Kier molecular flexibility index (Phi) is 5.65. The summed E-state index contributed by atoms with van der Waals surface area (Å²) in [6.45, 7) is 1.27. The van der Waals surface area contributed by atoms with E-state index in [1.165, 1.54) is 11.7 Å². The van der Waals surface area contributed by atoms with E-state index in [9.17, 15) is 19.5 Å². The Morgan fingerprint density at radius 3 is 2.40 bits per heavy atom. The van der Waals surface area contributed by atoms with E-state index in [0.29, 0.717) is 5.52 Å². The van der Waals surface area contributed by atoms with Gasteiger partial charge in [-0.3, -0.25) is 18.9 Å². The fourth-order valence-corrected chi connectivity index (χ4v) is 3.53. The summed E-state index contributed by atoms with van der Waals surface area (Å²) in [5.74, 6) is -2.50. The van der Waals surface area contributed by atoms with Gasteiger partial charge < -0.3 is 15.5 Å². The number of carboxylic acid groups (broad SMARTS) is 1. The zero-order valence-electron chi connectivity index (χ0n) is 13.5. The molecule has 2 aromatic heterocycles. The second-order valence-electron chi connectivity index (χ2n) is 6.04. The van der Waals surface area contributed by atoms with Crippen LogP contribution in [0.1, 0.15) is 40.0 Å². The van der Waals surface area contributed by atoms with Crippen LogP contribution in [0, 0.1) is 6.92 Å². The summed E-state index contributed by atoms with van der Waals surface area (Å²) in [5, 5.41) is 21.4. The van der Waals surface area contributed by atoms with E-state index in [1.807, 2.05) is 6.92 Å². The fraction of sp³-hybridized carbons (Fsp3) is 0.438. The molecule has 1 amide bonds. The number of hydrogen-bond donors (Lipinski definition) is 3. The molecule has 1 aliphatic carbocycles. The average molecular weight is 357 g/mol. The number of rotatable bonds is 3. The number of hydrogen-bond acceptors (Lipinski definition) is 4. The van der Waals surface area contributed by atoms with Gasteiger partial charge in [-0.25, -0.2) is 4.68 Å². The summed E-state index contributed by atoms with van der Waals surface area (Å²) in [5.41, 5.74) is 2.32. The summed E-state index contributed by atoms with van der Waals surface area (Å²) in [7, 11) is 1.53. The van der Waals surface area contributed by atoms with Crippen LogP contribution in [0.3, 0.4) is 0 Å². The van der Waals surface area contributed by atoms with Crippen molar-refractivity contribution in [2.45, 2.75) is 32.6 Å². The SMILES string of the molecule is Cc1c2c(c3c(O)c(C(=O)NCC(=O)O)c(=O)n(C)n13)CCCC2.[NaH]. The Hall–Kier alpha value is -1.77. The molecule has 9 heteroatoms. The third-order valence-electron chi connectivity index (χ3n) is 4.62. The molecule has 0 saturated carbocycles. The maximum absolute atomic E-state index is 12.5. The van der Waals surface area contributed by atoms with Crippen molar-refractivity contribution in [2.75, 3.05) is 6.54 Å². The molecule has 2 aromatic rings. The number of aliphatic carboxylic acids is 1. The van der Waals surface area contributed by atoms with Gasteiger partial charge in [-0.1, -0.05) is 0 Å². The molecule has 0 bridgehead atoms. The van der Waals surface area contributed by atoms with Gasteiger partial charge in [0.25, 0.3) is 11.5 Å². The number of aromatic nitrogens is 2. The number of nitrogens with one attached hydrogen (secondary N) is 1. The first-order valence-corrected chi connectivity index (χ1v) is 7.79. The van der Waals surface area contributed by atoms with Crippen LogP contribution in [-0.2, 0) is 24.7 Å². The Balaban J connectivity index is 0.00000225. The van der Waals surface area contributed by atoms with E-state index >= 15 is 0 Å². The third kappa shape index (κ3) is 3.09. The van der Waals surface area contributed by atoms with Crippen LogP contribution in [0.4, 0.5) is 0 Å². The van der Waals surface area contributed by atoms with E-state index in [2.05, 4.69) is 5.32 Å². The Bertz CT molecular complexity index is 928. The molecule has 1 aliphatic rings. The van der Waals surface area contributed by atoms with Crippen molar-refractivity contribution in [3.05, 3.63) is 32.7 Å². The number of aryl methyl sites for hydroxylation is 3. The van der Waals surface area contributed by atoms with Crippen LogP contribution in [0.15, 0.2) is 4.79 Å². The zero-order valence-corrected chi connectivity index (χ0v) is 13.5. The van der Waals surface area contributed by atoms with Crippen LogP contribution in [0.25, 0.3) is 5.52 Å². The van der Waals surface area contributed by atoms with Crippen molar-refractivity contribution in [1.82, 2.24) is 14.5 Å². The first kappa shape index (κ1) is 19.6. The molecule has 0 saturated heterocycles. The number of carbonyl (C=O) groups excluding carboxylic acids is 1. The van der Waals surface area contributed by atoms with Gasteiger partial charge in [0.05, 0.1) is 0 Å². The molecule has 8 nitrogen and oxygen atoms in total. The molecule has 25 heavy (non-hydrogen) atoms. The standard InChI is InChI=1S/C16H19N3O5.Na.H/c1-8-9-5-3-4-6-10(9)13-14(22)12(15(23)17-7-11(20)21)16(24)18(2)19(8)13;;/h22H,3-7H2,1-2H3,(H,17,23)(H,20,21);;. The summed E-state index contributed by atoms with van der Waals surface area (Å²) in [6.07, 6.45) is 3.67. The van der Waals surface area contributed by atoms with Crippen LogP contribution in [0.2, 0.25) is 0 Å². The number of aromatic hydroxyl groups is 1. The van der Waals surface area contributed by atoms with Gasteiger partial charge in [-0.2, -0.15) is 0 Å². The molecule has 0 aromatic carbocycles. The number of amides is 1. The minimum atomic E-state index is -1.23. The third-order valence-corrected chi connectivity index (χ3v) is 4.62. The van der Waals surface area contributed by atoms with Gasteiger partial charge in [0, 0.05) is 12.7 Å². The van der Waals surface area contributed by atoms with E-state index in [-0.39, 0.29) is 35.3 Å². The molecule has 2 heterocycles. The summed E-state index contributed by atoms with van der Waals surface area (Å²) < 4.78 is 2.93. The minimum absolute atomic E-state index is 0. The fourth-order valence-electron chi connectivity index (χ4n) is 3.53. The van der Waals surface area contributed by atoms with Crippen LogP contribution in [0.5, 0.6) is 5.75 Å². The molecule has 0 atom stereocenters. The van der Waals surface area contributed by atoms with Crippen LogP contribution < -0.4 is 10.9 Å². The average Bonchev–Trinajstić information content (AvgIpc) is 2.85. The van der Waals surface area contributed by atoms with Crippen molar-refractivity contribution in [2.24, 2.45) is 7.05 Å². The van der Waals surface area contributed by atoms with E-state index in [4.69, 9.17) is 5.11 Å². The first-order chi connectivity index (χ1) is 11.3. The predicted octanol–water partition coefficient (Wildman–Crippen LogP) is -0.303. The Labute approximate surface area is 165 Å². The van der Waals surface area contributed by atoms with Crippen molar-refractivity contribution < 1.29 is 19.8 Å². The maximum atomic E-state index is 12.5. The number of fused-ring (bicyclic) bond motifs is 3. The first-order valence-electron chi connectivity index (χ1n) is 7.79. The quantitative estimate of drug-likeness (QED) is 0.653. The Morgan fingerprint density at radius 2 is 1.80 bits per heavy atom. The zero-order chi connectivity index (χ0) is 17.6. The monoisotopic (exact) mass is 357 g/mol. The molecule has 0 radical (unpaired) electrons. The van der Waals surface area contributed by atoms with Crippen molar-refractivity contribution in [3.63, 3.8) is 0 Å². The molecular weight excluding hydrogens is 337 g/mol. The second kappa shape index (κ2) is 7.23. The predicted molar refractivity (Wildman–Crippen MR) is 92.8 cm³/mol. The number of carbonyl (C=O) groups is 2. The van der Waals surface area contributed by atoms with Gasteiger partial charge in [0.15, 0.2) is 5.75 Å². The molecule has 3 N–H and O–H groups in total. The van der Waals surface area contributed by atoms with Gasteiger partial charge in [-0.15, -0.1) is 0 Å². The Morgan fingerprint density at radius 1 is 1.20 bits per heavy atom. The van der Waals surface area contributed by atoms with Crippen molar-refractivity contribution in [3.8, 4) is 5.75 Å². The van der Waals surface area contributed by atoms with Gasteiger partial charge >= 0.3 is 35.5 Å². The molecule has 0 fully saturated rings. The number of carboxylic acids is 1. The molecule has 0 unspecified atom stereocenters. The van der Waals surface area contributed by atoms with Crippen molar-refractivity contribution >= 4 is 47.0 Å².